The summed E-state index contributed by atoms with van der Waals surface area (Å²) in [5.41, 5.74) is 0. The van der Waals surface area contributed by atoms with Crippen molar-refractivity contribution in [2.24, 2.45) is 0 Å². The van der Waals surface area contributed by atoms with Gasteiger partial charge in [0.05, 0.1) is 25.4 Å². The van der Waals surface area contributed by atoms with Gasteiger partial charge in [-0.05, 0) is 70.6 Å². The number of rotatable bonds is 57. The van der Waals surface area contributed by atoms with Gasteiger partial charge in [-0.3, -0.25) is 9.59 Å². The van der Waals surface area contributed by atoms with Gasteiger partial charge in [-0.25, -0.2) is 0 Å². The molecule has 1 amide bonds. The number of carbonyl (C=O) groups excluding carboxylic acids is 2. The number of allylic oxidation sites excluding steroid dienone is 4. The molecule has 2 unspecified atom stereocenters. The van der Waals surface area contributed by atoms with Crippen molar-refractivity contribution in [2.75, 3.05) is 13.2 Å². The van der Waals surface area contributed by atoms with E-state index in [1.807, 2.05) is 0 Å². The van der Waals surface area contributed by atoms with Crippen LogP contribution in [0.1, 0.15) is 335 Å². The zero-order valence-electron chi connectivity index (χ0n) is 45.9. The molecule has 0 aromatic heterocycles. The highest BCUT2D eigenvalue weighted by Crippen LogP contribution is 2.18. The largest absolute Gasteiger partial charge is 0.466 e. The molecule has 3 N–H and O–H groups in total. The van der Waals surface area contributed by atoms with Crippen LogP contribution in [0, 0.1) is 0 Å². The lowest BCUT2D eigenvalue weighted by atomic mass is 10.0. The molecule has 0 saturated heterocycles. The molecule has 6 heteroatoms. The summed E-state index contributed by atoms with van der Waals surface area (Å²) >= 11 is 0. The normalized spacial score (nSPS) is 12.7. The van der Waals surface area contributed by atoms with Crippen LogP contribution >= 0.6 is 0 Å². The smallest absolute Gasteiger partial charge is 0.305 e. The van der Waals surface area contributed by atoms with Crippen LogP contribution in [-0.4, -0.2) is 47.4 Å². The first-order valence-electron chi connectivity index (χ1n) is 30.6. The van der Waals surface area contributed by atoms with Crippen molar-refractivity contribution in [1.29, 1.82) is 0 Å². The highest BCUT2D eigenvalue weighted by molar-refractivity contribution is 5.76. The summed E-state index contributed by atoms with van der Waals surface area (Å²) in [5, 5.41) is 23.3. The number of ether oxygens (including phenoxy) is 1. The maximum absolute atomic E-state index is 12.5. The van der Waals surface area contributed by atoms with E-state index in [1.165, 1.54) is 231 Å². The topological polar surface area (TPSA) is 95.9 Å². The minimum atomic E-state index is -0.697. The van der Waals surface area contributed by atoms with Crippen molar-refractivity contribution in [3.63, 3.8) is 0 Å². The molecule has 0 fully saturated rings. The lowest BCUT2D eigenvalue weighted by Crippen LogP contribution is -2.45. The maximum Gasteiger partial charge on any atom is 0.305 e. The molecule has 0 aliphatic rings. The molecular weight excluding hydrogens is 839 g/mol. The molecule has 402 valence electrons. The molecular formula is C62H119NO5. The van der Waals surface area contributed by atoms with E-state index in [4.69, 9.17) is 4.74 Å². The first kappa shape index (κ1) is 66.3. The Labute approximate surface area is 424 Å². The van der Waals surface area contributed by atoms with E-state index in [0.29, 0.717) is 25.9 Å². The fourth-order valence-electron chi connectivity index (χ4n) is 9.52. The van der Waals surface area contributed by atoms with Gasteiger partial charge in [-0.2, -0.15) is 0 Å². The molecule has 0 aromatic carbocycles. The second-order valence-corrected chi connectivity index (χ2v) is 21.0. The Morgan fingerprint density at radius 2 is 0.706 bits per heavy atom. The van der Waals surface area contributed by atoms with Crippen LogP contribution in [-0.2, 0) is 14.3 Å². The minimum Gasteiger partial charge on any atom is -0.466 e. The number of amides is 1. The molecule has 0 aliphatic heterocycles. The van der Waals surface area contributed by atoms with Crippen LogP contribution in [0.2, 0.25) is 0 Å². The minimum absolute atomic E-state index is 0.0374. The zero-order valence-corrected chi connectivity index (χ0v) is 45.9. The van der Waals surface area contributed by atoms with E-state index >= 15 is 0 Å². The summed E-state index contributed by atoms with van der Waals surface area (Å²) in [6.45, 7) is 4.88. The molecule has 0 bridgehead atoms. The molecule has 0 aliphatic carbocycles. The first-order chi connectivity index (χ1) is 33.5. The number of carbonyl (C=O) groups is 2. The summed E-state index contributed by atoms with van der Waals surface area (Å²) in [6, 6.07) is -0.581. The molecule has 68 heavy (non-hydrogen) atoms. The molecule has 0 aromatic rings. The summed E-state index contributed by atoms with van der Waals surface area (Å²) in [5.74, 6) is -0.130. The Bertz CT molecular complexity index is 1060. The number of hydrogen-bond acceptors (Lipinski definition) is 5. The highest BCUT2D eigenvalue weighted by Gasteiger charge is 2.20. The van der Waals surface area contributed by atoms with Gasteiger partial charge in [0, 0.05) is 12.8 Å². The van der Waals surface area contributed by atoms with Gasteiger partial charge in [0.25, 0.3) is 0 Å². The molecule has 0 heterocycles. The van der Waals surface area contributed by atoms with E-state index in [1.54, 1.807) is 0 Å². The lowest BCUT2D eigenvalue weighted by molar-refractivity contribution is -0.143. The molecule has 0 radical (unpaired) electrons. The van der Waals surface area contributed by atoms with Crippen LogP contribution in [0.25, 0.3) is 0 Å². The van der Waals surface area contributed by atoms with E-state index in [2.05, 4.69) is 43.5 Å². The van der Waals surface area contributed by atoms with Gasteiger partial charge in [0.15, 0.2) is 0 Å². The number of unbranched alkanes of at least 4 members (excludes halogenated alkanes) is 42. The Balaban J connectivity index is 3.50. The Morgan fingerprint density at radius 3 is 1.07 bits per heavy atom. The van der Waals surface area contributed by atoms with Gasteiger partial charge in [0.1, 0.15) is 0 Å². The van der Waals surface area contributed by atoms with Crippen LogP contribution in [0.5, 0.6) is 0 Å². The van der Waals surface area contributed by atoms with Crippen molar-refractivity contribution in [2.45, 2.75) is 347 Å². The van der Waals surface area contributed by atoms with Crippen molar-refractivity contribution in [3.8, 4) is 0 Å². The summed E-state index contributed by atoms with van der Waals surface area (Å²) in [6.07, 6.45) is 70.5. The third-order valence-corrected chi connectivity index (χ3v) is 14.2. The molecule has 0 saturated carbocycles. The van der Waals surface area contributed by atoms with E-state index in [0.717, 1.165) is 70.6 Å². The number of hydrogen-bond donors (Lipinski definition) is 3. The highest BCUT2D eigenvalue weighted by atomic mass is 16.5. The standard InChI is InChI=1S/C62H119NO5/c1-3-5-7-9-11-13-15-17-19-21-23-24-25-26-27-28-29-31-33-35-38-42-46-50-54-60(65)59(58-64)63-61(66)55-51-47-43-39-37-41-45-49-53-57-68-62(67)56-52-48-44-40-36-34-32-30-22-20-18-16-14-12-10-8-6-4-2/h20,22,39,43,59-60,64-65H,3-19,21,23-38,40-42,44-58H2,1-2H3,(H,63,66)/b22-20-,43-39-. The van der Waals surface area contributed by atoms with E-state index < -0.39 is 12.1 Å². The predicted molar refractivity (Wildman–Crippen MR) is 296 cm³/mol. The number of nitrogens with one attached hydrogen (secondary N) is 1. The third-order valence-electron chi connectivity index (χ3n) is 14.2. The molecule has 0 spiro atoms. The van der Waals surface area contributed by atoms with Gasteiger partial charge in [-0.15, -0.1) is 0 Å². The second kappa shape index (κ2) is 57.9. The Hall–Kier alpha value is -1.66. The fraction of sp³-hybridized carbons (Fsp3) is 0.903. The third kappa shape index (κ3) is 53.7. The summed E-state index contributed by atoms with van der Waals surface area (Å²) < 4.78 is 5.46. The Kier molecular flexibility index (Phi) is 56.5. The summed E-state index contributed by atoms with van der Waals surface area (Å²) in [4.78, 5) is 24.6. The number of aliphatic hydroxyl groups is 2. The second-order valence-electron chi connectivity index (χ2n) is 21.0. The van der Waals surface area contributed by atoms with E-state index in [-0.39, 0.29) is 18.5 Å². The first-order valence-corrected chi connectivity index (χ1v) is 30.6. The fourth-order valence-corrected chi connectivity index (χ4v) is 9.52. The predicted octanol–water partition coefficient (Wildman–Crippen LogP) is 19.0. The van der Waals surface area contributed by atoms with E-state index in [9.17, 15) is 19.8 Å². The van der Waals surface area contributed by atoms with Crippen LogP contribution < -0.4 is 5.32 Å². The van der Waals surface area contributed by atoms with Crippen molar-refractivity contribution in [1.82, 2.24) is 5.32 Å². The van der Waals surface area contributed by atoms with Gasteiger partial charge >= 0.3 is 5.97 Å². The quantitative estimate of drug-likeness (QED) is 0.0321. The SMILES string of the molecule is CCCCCCCCC/C=C\CCCCCCCCCC(=O)OCCCCCC/C=C\CCCC(=O)NC(CO)C(O)CCCCCCCCCCCCCCCCCCCCCCCCCC. The molecule has 0 rings (SSSR count). The number of aliphatic hydroxyl groups excluding tert-OH is 2. The zero-order chi connectivity index (χ0) is 49.3. The Morgan fingerprint density at radius 1 is 0.397 bits per heavy atom. The van der Waals surface area contributed by atoms with Gasteiger partial charge in [-0.1, -0.05) is 276 Å². The number of esters is 1. The maximum atomic E-state index is 12.5. The summed E-state index contributed by atoms with van der Waals surface area (Å²) in [7, 11) is 0. The average Bonchev–Trinajstić information content (AvgIpc) is 3.34. The monoisotopic (exact) mass is 958 g/mol. The van der Waals surface area contributed by atoms with Gasteiger partial charge in [0.2, 0.25) is 5.91 Å². The van der Waals surface area contributed by atoms with Crippen LogP contribution in [0.15, 0.2) is 24.3 Å². The van der Waals surface area contributed by atoms with Crippen LogP contribution in [0.3, 0.4) is 0 Å². The van der Waals surface area contributed by atoms with Crippen LogP contribution in [0.4, 0.5) is 0 Å². The molecule has 2 atom stereocenters. The van der Waals surface area contributed by atoms with Crippen molar-refractivity contribution >= 4 is 11.9 Å². The van der Waals surface area contributed by atoms with Gasteiger partial charge < -0.3 is 20.3 Å². The average molecular weight is 959 g/mol. The molecule has 6 nitrogen and oxygen atoms in total. The van der Waals surface area contributed by atoms with Crippen molar-refractivity contribution in [3.05, 3.63) is 24.3 Å². The van der Waals surface area contributed by atoms with Crippen molar-refractivity contribution < 1.29 is 24.5 Å². The lowest BCUT2D eigenvalue weighted by Gasteiger charge is -2.22.